The third-order valence-corrected chi connectivity index (χ3v) is 3.71. The zero-order chi connectivity index (χ0) is 14.5. The van der Waals surface area contributed by atoms with Crippen molar-refractivity contribution in [1.29, 1.82) is 0 Å². The van der Waals surface area contributed by atoms with Gasteiger partial charge in [-0.1, -0.05) is 55.3 Å². The molecule has 0 fully saturated rings. The van der Waals surface area contributed by atoms with E-state index in [2.05, 4.69) is 79.8 Å². The number of benzene rings is 2. The third kappa shape index (κ3) is 4.36. The first kappa shape index (κ1) is 17.1. The van der Waals surface area contributed by atoms with E-state index in [4.69, 9.17) is 0 Å². The SMILES string of the molecule is CC1C=CC=CC1[C-]=c1ccccc1=[C-]c1ccccc1.[U+2]. The smallest absolute Gasteiger partial charge is 0.255 e. The van der Waals surface area contributed by atoms with E-state index in [1.165, 1.54) is 0 Å². The van der Waals surface area contributed by atoms with Crippen molar-refractivity contribution in [2.75, 3.05) is 0 Å². The van der Waals surface area contributed by atoms with Crippen LogP contribution in [-0.2, 0) is 0 Å². The summed E-state index contributed by atoms with van der Waals surface area (Å²) in [5.41, 5.74) is 1.10. The molecule has 0 saturated carbocycles. The Morgan fingerprint density at radius 2 is 1.41 bits per heavy atom. The topological polar surface area (TPSA) is 0 Å². The molecule has 0 aliphatic heterocycles. The van der Waals surface area contributed by atoms with Crippen LogP contribution in [0.5, 0.6) is 0 Å². The molecule has 0 saturated heterocycles. The van der Waals surface area contributed by atoms with Crippen molar-refractivity contribution in [2.45, 2.75) is 6.92 Å². The van der Waals surface area contributed by atoms with E-state index in [1.807, 2.05) is 18.2 Å². The van der Waals surface area contributed by atoms with E-state index in [-0.39, 0.29) is 31.1 Å². The Morgan fingerprint density at radius 3 is 2.14 bits per heavy atom. The summed E-state index contributed by atoms with van der Waals surface area (Å²) in [6, 6.07) is 18.6. The molecule has 0 aromatic heterocycles. The minimum Gasteiger partial charge on any atom is -0.255 e. The molecule has 0 nitrogen and oxygen atoms in total. The van der Waals surface area contributed by atoms with E-state index in [0.29, 0.717) is 11.8 Å². The maximum atomic E-state index is 3.62. The van der Waals surface area contributed by atoms with Gasteiger partial charge < -0.3 is 0 Å². The minimum absolute atomic E-state index is 0. The van der Waals surface area contributed by atoms with Crippen LogP contribution in [0.1, 0.15) is 12.5 Å². The van der Waals surface area contributed by atoms with E-state index in [0.717, 1.165) is 16.0 Å². The Balaban J connectivity index is 0.00000176. The maximum Gasteiger partial charge on any atom is 2.00 e. The molecule has 0 N–H and O–H groups in total. The largest absolute Gasteiger partial charge is 2.00 e. The van der Waals surface area contributed by atoms with Crippen molar-refractivity contribution in [3.05, 3.63) is 94.9 Å². The molecule has 2 aromatic carbocycles. The van der Waals surface area contributed by atoms with Crippen LogP contribution in [0.4, 0.5) is 0 Å². The van der Waals surface area contributed by atoms with Gasteiger partial charge in [-0.2, -0.15) is 18.2 Å². The molecule has 2 unspecified atom stereocenters. The first-order valence-electron chi connectivity index (χ1n) is 7.35. The van der Waals surface area contributed by atoms with Crippen LogP contribution in [0.3, 0.4) is 0 Å². The molecule has 0 heterocycles. The summed E-state index contributed by atoms with van der Waals surface area (Å²) in [6.07, 6.45) is 15.7. The first-order valence-corrected chi connectivity index (χ1v) is 7.35. The van der Waals surface area contributed by atoms with Crippen molar-refractivity contribution >= 4 is 12.2 Å². The molecule has 0 bridgehead atoms. The van der Waals surface area contributed by atoms with Crippen molar-refractivity contribution < 1.29 is 31.1 Å². The van der Waals surface area contributed by atoms with Crippen molar-refractivity contribution in [3.8, 4) is 0 Å². The summed E-state index contributed by atoms with van der Waals surface area (Å²) in [5, 5.41) is 2.22. The van der Waals surface area contributed by atoms with Gasteiger partial charge in [0.15, 0.2) is 0 Å². The Morgan fingerprint density at radius 1 is 0.773 bits per heavy atom. The van der Waals surface area contributed by atoms with E-state index in [9.17, 15) is 0 Å². The molecule has 1 aliphatic carbocycles. The Kier molecular flexibility index (Phi) is 6.50. The Labute approximate surface area is 156 Å². The molecule has 106 valence electrons. The minimum atomic E-state index is 0. The van der Waals surface area contributed by atoms with E-state index >= 15 is 0 Å². The molecule has 1 aliphatic rings. The number of hydrogen-bond acceptors (Lipinski definition) is 0. The van der Waals surface area contributed by atoms with Crippen LogP contribution < -0.4 is 10.4 Å². The van der Waals surface area contributed by atoms with E-state index in [1.54, 1.807) is 0 Å². The van der Waals surface area contributed by atoms with Crippen molar-refractivity contribution in [3.63, 3.8) is 0 Å². The number of hydrogen-bond donors (Lipinski definition) is 0. The van der Waals surface area contributed by atoms with Gasteiger partial charge in [0.1, 0.15) is 0 Å². The van der Waals surface area contributed by atoms with Crippen molar-refractivity contribution in [1.82, 2.24) is 0 Å². The molecule has 2 aromatic rings. The van der Waals surface area contributed by atoms with Gasteiger partial charge in [-0.3, -0.25) is 5.22 Å². The predicted octanol–water partition coefficient (Wildman–Crippen LogP) is 3.43. The van der Waals surface area contributed by atoms with Gasteiger partial charge in [0.05, 0.1) is 0 Å². The van der Waals surface area contributed by atoms with Gasteiger partial charge in [-0.05, 0) is 5.92 Å². The molecule has 1 heteroatoms. The standard InChI is InChI=1S/C21H18.U/c1-17-9-5-6-12-19(17)16-21-14-8-7-13-20(21)15-18-10-3-2-4-11-18;/h2-14,17,19H,1H3;/q-2;+2. The summed E-state index contributed by atoms with van der Waals surface area (Å²) >= 11 is 0. The average Bonchev–Trinajstić information content (AvgIpc) is 2.52. The summed E-state index contributed by atoms with van der Waals surface area (Å²) in [5.74, 6) is 0.813. The van der Waals surface area contributed by atoms with Crippen LogP contribution >= 0.6 is 0 Å². The van der Waals surface area contributed by atoms with Gasteiger partial charge in [0.25, 0.3) is 0 Å². The monoisotopic (exact) mass is 508 g/mol. The maximum absolute atomic E-state index is 3.62. The molecule has 2 atom stereocenters. The second-order valence-corrected chi connectivity index (χ2v) is 5.34. The van der Waals surface area contributed by atoms with Gasteiger partial charge in [0.2, 0.25) is 0 Å². The Bertz CT molecular complexity index is 769. The second-order valence-electron chi connectivity index (χ2n) is 5.34. The number of allylic oxidation sites excluding steroid dienone is 4. The van der Waals surface area contributed by atoms with Crippen molar-refractivity contribution in [2.24, 2.45) is 11.8 Å². The van der Waals surface area contributed by atoms with Gasteiger partial charge >= 0.3 is 31.1 Å². The van der Waals surface area contributed by atoms with Crippen LogP contribution in [0.25, 0.3) is 12.2 Å². The molecule has 0 spiro atoms. The zero-order valence-corrected chi connectivity index (χ0v) is 16.8. The Hall–Kier alpha value is -1.29. The fraction of sp³-hybridized carbons (Fsp3) is 0.143. The quantitative estimate of drug-likeness (QED) is 0.546. The average molecular weight is 508 g/mol. The van der Waals surface area contributed by atoms with E-state index < -0.39 is 0 Å². The normalized spacial score (nSPS) is 21.7. The first-order chi connectivity index (χ1) is 10.3. The van der Waals surface area contributed by atoms with Gasteiger partial charge in [0, 0.05) is 0 Å². The fourth-order valence-corrected chi connectivity index (χ4v) is 2.47. The summed E-state index contributed by atoms with van der Waals surface area (Å²) < 4.78 is 0. The second kappa shape index (κ2) is 8.37. The summed E-state index contributed by atoms with van der Waals surface area (Å²) in [4.78, 5) is 0. The molecule has 3 rings (SSSR count). The van der Waals surface area contributed by atoms with Gasteiger partial charge in [-0.15, -0.1) is 29.8 Å². The van der Waals surface area contributed by atoms with Crippen LogP contribution in [0, 0.1) is 42.9 Å². The van der Waals surface area contributed by atoms with Gasteiger partial charge in [-0.25, -0.2) is 11.3 Å². The predicted molar refractivity (Wildman–Crippen MR) is 89.0 cm³/mol. The summed E-state index contributed by atoms with van der Waals surface area (Å²) in [7, 11) is 0. The summed E-state index contributed by atoms with van der Waals surface area (Å²) in [6.45, 7) is 2.23. The third-order valence-electron chi connectivity index (χ3n) is 3.71. The molecular weight excluding hydrogens is 490 g/mol. The number of rotatable bonds is 2. The fourth-order valence-electron chi connectivity index (χ4n) is 2.47. The van der Waals surface area contributed by atoms with Crippen LogP contribution in [0.2, 0.25) is 0 Å². The molecule has 0 radical (unpaired) electrons. The molecule has 22 heavy (non-hydrogen) atoms. The van der Waals surface area contributed by atoms with Crippen LogP contribution in [0.15, 0.2) is 78.9 Å². The zero-order valence-electron chi connectivity index (χ0n) is 12.7. The van der Waals surface area contributed by atoms with Crippen LogP contribution in [-0.4, -0.2) is 0 Å². The molecular formula is C21H18U. The molecule has 0 amide bonds.